The van der Waals surface area contributed by atoms with Crippen molar-refractivity contribution in [2.24, 2.45) is 5.41 Å². The van der Waals surface area contributed by atoms with Crippen molar-refractivity contribution in [3.63, 3.8) is 0 Å². The Bertz CT molecular complexity index is 430. The summed E-state index contributed by atoms with van der Waals surface area (Å²) in [6.07, 6.45) is 1.65. The van der Waals surface area contributed by atoms with Crippen LogP contribution in [0.4, 0.5) is 5.69 Å². The smallest absolute Gasteiger partial charge is 0.231 e. The maximum absolute atomic E-state index is 12.0. The maximum atomic E-state index is 12.0. The summed E-state index contributed by atoms with van der Waals surface area (Å²) in [7, 11) is 0. The third-order valence-electron chi connectivity index (χ3n) is 2.44. The Balaban J connectivity index is 2.84. The van der Waals surface area contributed by atoms with E-state index in [1.165, 1.54) is 0 Å². The minimum Gasteiger partial charge on any atom is -0.487 e. The Morgan fingerprint density at radius 2 is 2.17 bits per heavy atom. The van der Waals surface area contributed by atoms with Gasteiger partial charge in [-0.2, -0.15) is 0 Å². The molecule has 4 heteroatoms. The Hall–Kier alpha value is -1.48. The summed E-state index contributed by atoms with van der Waals surface area (Å²) >= 11 is 5.77. The van der Waals surface area contributed by atoms with Crippen LogP contribution in [0.2, 0.25) is 0 Å². The Morgan fingerprint density at radius 3 is 2.78 bits per heavy atom. The van der Waals surface area contributed by atoms with Gasteiger partial charge in [0, 0.05) is 5.88 Å². The molecule has 0 saturated carbocycles. The number of benzene rings is 1. The number of anilines is 1. The highest BCUT2D eigenvalue weighted by atomic mass is 35.5. The van der Waals surface area contributed by atoms with E-state index in [-0.39, 0.29) is 11.8 Å². The average Bonchev–Trinajstić information content (AvgIpc) is 2.37. The van der Waals surface area contributed by atoms with E-state index < -0.39 is 5.41 Å². The molecule has 0 aromatic heterocycles. The number of amides is 1. The maximum Gasteiger partial charge on any atom is 0.231 e. The number of hydrogen-bond acceptors (Lipinski definition) is 2. The number of ether oxygens (including phenoxy) is 1. The second-order valence-corrected chi connectivity index (χ2v) is 4.83. The van der Waals surface area contributed by atoms with Crippen LogP contribution < -0.4 is 10.1 Å². The van der Waals surface area contributed by atoms with E-state index in [0.29, 0.717) is 18.0 Å². The molecule has 0 heterocycles. The third kappa shape index (κ3) is 3.77. The first kappa shape index (κ1) is 14.6. The summed E-state index contributed by atoms with van der Waals surface area (Å²) in [5.74, 6) is 0.748. The zero-order valence-electron chi connectivity index (χ0n) is 10.7. The lowest BCUT2D eigenvalue weighted by atomic mass is 9.95. The number of nitrogens with one attached hydrogen (secondary N) is 1. The van der Waals surface area contributed by atoms with Crippen LogP contribution in [0.25, 0.3) is 0 Å². The molecule has 0 aliphatic heterocycles. The van der Waals surface area contributed by atoms with Crippen molar-refractivity contribution in [2.45, 2.75) is 13.8 Å². The van der Waals surface area contributed by atoms with E-state index >= 15 is 0 Å². The van der Waals surface area contributed by atoms with Gasteiger partial charge in [-0.1, -0.05) is 24.8 Å². The lowest BCUT2D eigenvalue weighted by Gasteiger charge is -2.21. The first-order valence-corrected chi connectivity index (χ1v) is 6.25. The number of carbonyl (C=O) groups excluding carboxylic acids is 1. The van der Waals surface area contributed by atoms with Crippen molar-refractivity contribution in [3.05, 3.63) is 36.9 Å². The van der Waals surface area contributed by atoms with Crippen molar-refractivity contribution >= 4 is 23.2 Å². The Kier molecular flexibility index (Phi) is 5.23. The number of para-hydroxylation sites is 2. The van der Waals surface area contributed by atoms with Crippen LogP contribution in [-0.2, 0) is 4.79 Å². The van der Waals surface area contributed by atoms with Gasteiger partial charge in [0.25, 0.3) is 0 Å². The van der Waals surface area contributed by atoms with Gasteiger partial charge in [0.1, 0.15) is 12.4 Å². The molecular weight excluding hydrogens is 250 g/mol. The molecular formula is C14H18ClNO2. The van der Waals surface area contributed by atoms with Gasteiger partial charge in [-0.15, -0.1) is 11.6 Å². The van der Waals surface area contributed by atoms with E-state index in [2.05, 4.69) is 11.9 Å². The van der Waals surface area contributed by atoms with Crippen LogP contribution in [0.1, 0.15) is 13.8 Å². The molecule has 0 radical (unpaired) electrons. The van der Waals surface area contributed by atoms with Crippen LogP contribution in [0.3, 0.4) is 0 Å². The van der Waals surface area contributed by atoms with Crippen LogP contribution in [0.5, 0.6) is 5.75 Å². The van der Waals surface area contributed by atoms with Gasteiger partial charge in [0.2, 0.25) is 5.91 Å². The predicted octanol–water partition coefficient (Wildman–Crippen LogP) is 3.45. The molecule has 0 spiro atoms. The quantitative estimate of drug-likeness (QED) is 0.633. The molecule has 1 aromatic carbocycles. The molecule has 1 aromatic rings. The standard InChI is InChI=1S/C14H18ClNO2/c1-4-9-18-12-8-6-5-7-11(12)16-13(17)14(2,3)10-15/h4-8H,1,9-10H2,2-3H3,(H,16,17). The summed E-state index contributed by atoms with van der Waals surface area (Å²) < 4.78 is 5.47. The first-order chi connectivity index (χ1) is 8.51. The minimum atomic E-state index is -0.618. The Labute approximate surface area is 113 Å². The number of rotatable bonds is 6. The van der Waals surface area contributed by atoms with E-state index in [4.69, 9.17) is 16.3 Å². The van der Waals surface area contributed by atoms with Crippen LogP contribution in [-0.4, -0.2) is 18.4 Å². The third-order valence-corrected chi connectivity index (χ3v) is 3.11. The molecule has 0 atom stereocenters. The highest BCUT2D eigenvalue weighted by Crippen LogP contribution is 2.27. The summed E-state index contributed by atoms with van der Waals surface area (Å²) in [6.45, 7) is 7.57. The predicted molar refractivity (Wildman–Crippen MR) is 75.3 cm³/mol. The average molecular weight is 268 g/mol. The highest BCUT2D eigenvalue weighted by molar-refractivity contribution is 6.20. The van der Waals surface area contributed by atoms with E-state index in [0.717, 1.165) is 0 Å². The van der Waals surface area contributed by atoms with Gasteiger partial charge in [-0.25, -0.2) is 0 Å². The van der Waals surface area contributed by atoms with Crippen molar-refractivity contribution in [3.8, 4) is 5.75 Å². The van der Waals surface area contributed by atoms with Crippen LogP contribution in [0.15, 0.2) is 36.9 Å². The minimum absolute atomic E-state index is 0.132. The Morgan fingerprint density at radius 1 is 1.50 bits per heavy atom. The molecule has 0 unspecified atom stereocenters. The fourth-order valence-electron chi connectivity index (χ4n) is 1.20. The van der Waals surface area contributed by atoms with E-state index in [1.807, 2.05) is 12.1 Å². The zero-order chi connectivity index (χ0) is 13.6. The van der Waals surface area contributed by atoms with Gasteiger partial charge in [0.15, 0.2) is 0 Å². The molecule has 0 fully saturated rings. The number of hydrogen-bond donors (Lipinski definition) is 1. The highest BCUT2D eigenvalue weighted by Gasteiger charge is 2.27. The van der Waals surface area contributed by atoms with Crippen molar-refractivity contribution in [1.82, 2.24) is 0 Å². The van der Waals surface area contributed by atoms with Crippen molar-refractivity contribution in [1.29, 1.82) is 0 Å². The summed E-state index contributed by atoms with van der Waals surface area (Å²) in [4.78, 5) is 12.0. The van der Waals surface area contributed by atoms with E-state index in [9.17, 15) is 4.79 Å². The second kappa shape index (κ2) is 6.45. The number of carbonyl (C=O) groups is 1. The largest absolute Gasteiger partial charge is 0.487 e. The molecule has 0 aliphatic rings. The summed E-state index contributed by atoms with van der Waals surface area (Å²) in [5, 5.41) is 2.83. The van der Waals surface area contributed by atoms with Crippen LogP contribution >= 0.6 is 11.6 Å². The molecule has 1 amide bonds. The number of halogens is 1. The van der Waals surface area contributed by atoms with Gasteiger partial charge >= 0.3 is 0 Å². The molecule has 3 nitrogen and oxygen atoms in total. The fourth-order valence-corrected chi connectivity index (χ4v) is 1.32. The van der Waals surface area contributed by atoms with E-state index in [1.54, 1.807) is 32.1 Å². The normalized spacial score (nSPS) is 10.8. The molecule has 0 saturated heterocycles. The van der Waals surface area contributed by atoms with Gasteiger partial charge in [0.05, 0.1) is 11.1 Å². The zero-order valence-corrected chi connectivity index (χ0v) is 11.5. The lowest BCUT2D eigenvalue weighted by molar-refractivity contribution is -0.122. The molecule has 98 valence electrons. The van der Waals surface area contributed by atoms with Crippen molar-refractivity contribution in [2.75, 3.05) is 17.8 Å². The molecule has 0 aliphatic carbocycles. The van der Waals surface area contributed by atoms with Gasteiger partial charge in [-0.3, -0.25) is 4.79 Å². The van der Waals surface area contributed by atoms with Gasteiger partial charge in [-0.05, 0) is 26.0 Å². The summed E-state index contributed by atoms with van der Waals surface area (Å²) in [5.41, 5.74) is 0.0233. The topological polar surface area (TPSA) is 38.3 Å². The fraction of sp³-hybridized carbons (Fsp3) is 0.357. The molecule has 0 bridgehead atoms. The molecule has 1 N–H and O–H groups in total. The molecule has 18 heavy (non-hydrogen) atoms. The molecule has 1 rings (SSSR count). The SMILES string of the molecule is C=CCOc1ccccc1NC(=O)C(C)(C)CCl. The monoisotopic (exact) mass is 267 g/mol. The van der Waals surface area contributed by atoms with Gasteiger partial charge < -0.3 is 10.1 Å². The van der Waals surface area contributed by atoms with Crippen molar-refractivity contribution < 1.29 is 9.53 Å². The number of alkyl halides is 1. The second-order valence-electron chi connectivity index (χ2n) is 4.57. The van der Waals surface area contributed by atoms with Crippen LogP contribution in [0, 0.1) is 5.41 Å². The first-order valence-electron chi connectivity index (χ1n) is 5.71. The summed E-state index contributed by atoms with van der Waals surface area (Å²) in [6, 6.07) is 7.28. The lowest BCUT2D eigenvalue weighted by Crippen LogP contribution is -2.32.